The van der Waals surface area contributed by atoms with E-state index in [1.807, 2.05) is 6.92 Å². The normalized spacial score (nSPS) is 17.7. The van der Waals surface area contributed by atoms with Gasteiger partial charge in [-0.1, -0.05) is 13.3 Å². The summed E-state index contributed by atoms with van der Waals surface area (Å²) in [5, 5.41) is 0. The van der Waals surface area contributed by atoms with E-state index in [-0.39, 0.29) is 30.1 Å². The summed E-state index contributed by atoms with van der Waals surface area (Å²) >= 11 is 0. The van der Waals surface area contributed by atoms with Gasteiger partial charge >= 0.3 is 5.97 Å². The second-order valence-corrected chi connectivity index (χ2v) is 8.85. The highest BCUT2D eigenvalue weighted by atomic mass is 32.2. The van der Waals surface area contributed by atoms with Gasteiger partial charge in [-0.2, -0.15) is 0 Å². The van der Waals surface area contributed by atoms with Gasteiger partial charge in [0, 0.05) is 12.6 Å². The van der Waals surface area contributed by atoms with Gasteiger partial charge in [0.25, 0.3) is 5.91 Å². The molecule has 0 saturated carbocycles. The van der Waals surface area contributed by atoms with Gasteiger partial charge in [-0.25, -0.2) is 13.2 Å². The second kappa shape index (κ2) is 10.3. The molecule has 8 nitrogen and oxygen atoms in total. The Bertz CT molecular complexity index is 761. The SMILES string of the molecule is CCCCN(C(=O)COC(=O)COc1ccc(OC)cc1)C1CCS(=O)(=O)C1. The average molecular weight is 413 g/mol. The summed E-state index contributed by atoms with van der Waals surface area (Å²) in [5.74, 6) is 0.151. The van der Waals surface area contributed by atoms with Crippen molar-refractivity contribution in [2.45, 2.75) is 32.2 Å². The Morgan fingerprint density at radius 2 is 1.82 bits per heavy atom. The minimum absolute atomic E-state index is 0.0308. The Morgan fingerprint density at radius 3 is 2.39 bits per heavy atom. The van der Waals surface area contributed by atoms with Crippen molar-refractivity contribution in [3.05, 3.63) is 24.3 Å². The number of rotatable bonds is 10. The van der Waals surface area contributed by atoms with E-state index < -0.39 is 22.4 Å². The lowest BCUT2D eigenvalue weighted by atomic mass is 10.2. The van der Waals surface area contributed by atoms with E-state index in [1.165, 1.54) is 4.90 Å². The molecule has 0 bridgehead atoms. The molecule has 1 atom stereocenters. The van der Waals surface area contributed by atoms with Gasteiger partial charge in [-0.05, 0) is 37.1 Å². The van der Waals surface area contributed by atoms with Gasteiger partial charge in [0.05, 0.1) is 18.6 Å². The van der Waals surface area contributed by atoms with Crippen molar-refractivity contribution in [3.8, 4) is 11.5 Å². The van der Waals surface area contributed by atoms with Crippen LogP contribution in [-0.4, -0.2) is 69.6 Å². The number of carbonyl (C=O) groups is 2. The van der Waals surface area contributed by atoms with Crippen molar-refractivity contribution in [2.24, 2.45) is 0 Å². The van der Waals surface area contributed by atoms with Crippen LogP contribution in [0.2, 0.25) is 0 Å². The van der Waals surface area contributed by atoms with Crippen LogP contribution in [0.5, 0.6) is 11.5 Å². The van der Waals surface area contributed by atoms with Crippen LogP contribution in [0.1, 0.15) is 26.2 Å². The molecule has 0 aromatic heterocycles. The maximum atomic E-state index is 12.5. The molecule has 1 aromatic rings. The number of unbranched alkanes of at least 4 members (excludes halogenated alkanes) is 1. The molecule has 1 amide bonds. The highest BCUT2D eigenvalue weighted by Crippen LogP contribution is 2.19. The van der Waals surface area contributed by atoms with Crippen LogP contribution in [0.15, 0.2) is 24.3 Å². The molecule has 1 aliphatic heterocycles. The fourth-order valence-corrected chi connectivity index (χ4v) is 4.67. The van der Waals surface area contributed by atoms with Crippen LogP contribution < -0.4 is 9.47 Å². The maximum Gasteiger partial charge on any atom is 0.344 e. The number of sulfone groups is 1. The quantitative estimate of drug-likeness (QED) is 0.535. The molecule has 1 aromatic carbocycles. The number of benzene rings is 1. The molecule has 0 N–H and O–H groups in total. The third-order valence-electron chi connectivity index (χ3n) is 4.49. The number of hydrogen-bond donors (Lipinski definition) is 0. The van der Waals surface area contributed by atoms with Gasteiger partial charge < -0.3 is 19.1 Å². The molecule has 9 heteroatoms. The molecule has 1 aliphatic rings. The Kier molecular flexibility index (Phi) is 8.10. The Morgan fingerprint density at radius 1 is 1.14 bits per heavy atom. The maximum absolute atomic E-state index is 12.5. The number of nitrogens with zero attached hydrogens (tertiary/aromatic N) is 1. The molecule has 156 valence electrons. The molecule has 0 spiro atoms. The summed E-state index contributed by atoms with van der Waals surface area (Å²) in [6.45, 7) is 1.69. The summed E-state index contributed by atoms with van der Waals surface area (Å²) in [4.78, 5) is 25.9. The van der Waals surface area contributed by atoms with Gasteiger partial charge in [0.1, 0.15) is 11.5 Å². The monoisotopic (exact) mass is 413 g/mol. The van der Waals surface area contributed by atoms with Gasteiger partial charge in [-0.15, -0.1) is 0 Å². The summed E-state index contributed by atoms with van der Waals surface area (Å²) in [6, 6.07) is 6.36. The minimum atomic E-state index is -3.11. The third kappa shape index (κ3) is 6.70. The Labute approximate surface area is 165 Å². The fourth-order valence-electron chi connectivity index (χ4n) is 2.94. The van der Waals surface area contributed by atoms with E-state index in [0.29, 0.717) is 24.5 Å². The number of ether oxygens (including phenoxy) is 3. The number of hydrogen-bond acceptors (Lipinski definition) is 7. The van der Waals surface area contributed by atoms with Gasteiger partial charge in [-0.3, -0.25) is 4.79 Å². The summed E-state index contributed by atoms with van der Waals surface area (Å²) in [7, 11) is -1.55. The fraction of sp³-hybridized carbons (Fsp3) is 0.579. The predicted molar refractivity (Wildman–Crippen MR) is 103 cm³/mol. The number of esters is 1. The lowest BCUT2D eigenvalue weighted by molar-refractivity contribution is -0.154. The summed E-state index contributed by atoms with van der Waals surface area (Å²) in [6.07, 6.45) is 2.06. The molecule has 0 radical (unpaired) electrons. The highest BCUT2D eigenvalue weighted by Gasteiger charge is 2.34. The van der Waals surface area contributed by atoms with E-state index in [4.69, 9.17) is 14.2 Å². The lowest BCUT2D eigenvalue weighted by Gasteiger charge is -2.28. The molecule has 1 heterocycles. The van der Waals surface area contributed by atoms with Crippen molar-refractivity contribution in [1.29, 1.82) is 0 Å². The van der Waals surface area contributed by atoms with Crippen molar-refractivity contribution in [1.82, 2.24) is 4.90 Å². The minimum Gasteiger partial charge on any atom is -0.497 e. The summed E-state index contributed by atoms with van der Waals surface area (Å²) < 4.78 is 38.8. The van der Waals surface area contributed by atoms with Gasteiger partial charge in [0.2, 0.25) is 0 Å². The topological polar surface area (TPSA) is 99.2 Å². The predicted octanol–water partition coefficient (Wildman–Crippen LogP) is 1.43. The molecule has 2 rings (SSSR count). The zero-order chi connectivity index (χ0) is 20.6. The standard InChI is InChI=1S/C19H27NO7S/c1-3-4-10-20(15-9-11-28(23,24)14-15)18(21)12-27-19(22)13-26-17-7-5-16(25-2)6-8-17/h5-8,15H,3-4,9-14H2,1-2H3. The molecule has 0 aliphatic carbocycles. The Hall–Kier alpha value is -2.29. The number of methoxy groups -OCH3 is 1. The van der Waals surface area contributed by atoms with Crippen LogP contribution in [0.4, 0.5) is 0 Å². The van der Waals surface area contributed by atoms with Crippen LogP contribution in [0, 0.1) is 0 Å². The smallest absolute Gasteiger partial charge is 0.344 e. The molecule has 28 heavy (non-hydrogen) atoms. The van der Waals surface area contributed by atoms with E-state index >= 15 is 0 Å². The zero-order valence-electron chi connectivity index (χ0n) is 16.3. The zero-order valence-corrected chi connectivity index (χ0v) is 17.1. The Balaban J connectivity index is 1.82. The second-order valence-electron chi connectivity index (χ2n) is 6.62. The van der Waals surface area contributed by atoms with Crippen molar-refractivity contribution in [2.75, 3.05) is 38.4 Å². The summed E-state index contributed by atoms with van der Waals surface area (Å²) in [5.41, 5.74) is 0. The van der Waals surface area contributed by atoms with E-state index in [9.17, 15) is 18.0 Å². The number of amides is 1. The van der Waals surface area contributed by atoms with Crippen molar-refractivity contribution in [3.63, 3.8) is 0 Å². The lowest BCUT2D eigenvalue weighted by Crippen LogP contribution is -2.44. The van der Waals surface area contributed by atoms with Crippen LogP contribution >= 0.6 is 0 Å². The van der Waals surface area contributed by atoms with E-state index in [0.717, 1.165) is 12.8 Å². The molecule has 1 unspecified atom stereocenters. The van der Waals surface area contributed by atoms with E-state index in [1.54, 1.807) is 31.4 Å². The molecule has 1 fully saturated rings. The van der Waals surface area contributed by atoms with Crippen LogP contribution in [0.25, 0.3) is 0 Å². The van der Waals surface area contributed by atoms with Crippen molar-refractivity contribution < 1.29 is 32.2 Å². The first kappa shape index (κ1) is 22.0. The highest BCUT2D eigenvalue weighted by molar-refractivity contribution is 7.91. The van der Waals surface area contributed by atoms with Crippen LogP contribution in [0.3, 0.4) is 0 Å². The van der Waals surface area contributed by atoms with Gasteiger partial charge in [0.15, 0.2) is 23.1 Å². The first-order valence-electron chi connectivity index (χ1n) is 9.27. The first-order chi connectivity index (χ1) is 13.3. The van der Waals surface area contributed by atoms with Crippen LogP contribution in [-0.2, 0) is 24.2 Å². The molecular formula is C19H27NO7S. The first-order valence-corrected chi connectivity index (χ1v) is 11.1. The third-order valence-corrected chi connectivity index (χ3v) is 6.25. The largest absolute Gasteiger partial charge is 0.497 e. The number of carbonyl (C=O) groups excluding carboxylic acids is 2. The van der Waals surface area contributed by atoms with Crippen molar-refractivity contribution >= 4 is 21.7 Å². The van der Waals surface area contributed by atoms with E-state index in [2.05, 4.69) is 0 Å². The molecule has 1 saturated heterocycles. The molecular weight excluding hydrogens is 386 g/mol. The average Bonchev–Trinajstić information content (AvgIpc) is 3.04.